The first-order valence-corrected chi connectivity index (χ1v) is 12.5. The molecule has 0 N–H and O–H groups in total. The molecule has 1 aliphatic rings. The van der Waals surface area contributed by atoms with E-state index < -0.39 is 0 Å². The van der Waals surface area contributed by atoms with Gasteiger partial charge >= 0.3 is 0 Å². The number of amides is 1. The lowest BCUT2D eigenvalue weighted by Crippen LogP contribution is -2.28. The first kappa shape index (κ1) is 20.8. The molecule has 5 heterocycles. The monoisotopic (exact) mass is 486 g/mol. The second-order valence-corrected chi connectivity index (χ2v) is 9.51. The van der Waals surface area contributed by atoms with Crippen LogP contribution in [0.15, 0.2) is 93.3 Å². The molecule has 5 aromatic rings. The van der Waals surface area contributed by atoms with Gasteiger partial charge in [0, 0.05) is 6.42 Å². The standard InChI is InChI=1S/C24H18N6O2S2/c31-22(30-19(20-8-4-10-32-20)12-18(28-30)21-9-5-11-33-21)14-34-24-17-13-27-29(23(17)25-15-26-24)16-6-2-1-3-7-16/h1-11,13,15,19H,12,14H2/t19-/m0/s1. The summed E-state index contributed by atoms with van der Waals surface area (Å²) in [6.07, 6.45) is 5.48. The van der Waals surface area contributed by atoms with Gasteiger partial charge in [-0.2, -0.15) is 10.2 Å². The van der Waals surface area contributed by atoms with Crippen LogP contribution >= 0.6 is 23.1 Å². The molecule has 1 atom stereocenters. The van der Waals surface area contributed by atoms with Crippen LogP contribution in [0.2, 0.25) is 0 Å². The molecular weight excluding hydrogens is 468 g/mol. The molecule has 1 aliphatic heterocycles. The third-order valence-corrected chi connectivity index (χ3v) is 7.41. The van der Waals surface area contributed by atoms with E-state index in [1.807, 2.05) is 60.0 Å². The molecule has 0 saturated heterocycles. The van der Waals surface area contributed by atoms with Crippen LogP contribution in [0.1, 0.15) is 23.1 Å². The minimum Gasteiger partial charge on any atom is -0.467 e. The lowest BCUT2D eigenvalue weighted by molar-refractivity contribution is -0.130. The highest BCUT2D eigenvalue weighted by molar-refractivity contribution is 8.00. The van der Waals surface area contributed by atoms with Gasteiger partial charge in [0.2, 0.25) is 0 Å². The number of benzene rings is 1. The molecule has 0 spiro atoms. The number of hydrogen-bond donors (Lipinski definition) is 0. The van der Waals surface area contributed by atoms with Crippen LogP contribution in [0.4, 0.5) is 0 Å². The van der Waals surface area contributed by atoms with Crippen molar-refractivity contribution >= 4 is 45.8 Å². The predicted molar refractivity (Wildman–Crippen MR) is 131 cm³/mol. The molecule has 1 amide bonds. The van der Waals surface area contributed by atoms with Crippen molar-refractivity contribution in [1.29, 1.82) is 0 Å². The van der Waals surface area contributed by atoms with Crippen molar-refractivity contribution in [1.82, 2.24) is 24.8 Å². The fraction of sp³-hybridized carbons (Fsp3) is 0.125. The maximum absolute atomic E-state index is 13.3. The zero-order valence-corrected chi connectivity index (χ0v) is 19.4. The van der Waals surface area contributed by atoms with Crippen LogP contribution in [-0.4, -0.2) is 42.1 Å². The first-order valence-electron chi connectivity index (χ1n) is 10.6. The van der Waals surface area contributed by atoms with Crippen molar-refractivity contribution in [3.05, 3.63) is 89.4 Å². The minimum absolute atomic E-state index is 0.111. The summed E-state index contributed by atoms with van der Waals surface area (Å²) in [6.45, 7) is 0. The van der Waals surface area contributed by atoms with E-state index in [4.69, 9.17) is 4.42 Å². The summed E-state index contributed by atoms with van der Waals surface area (Å²) in [6, 6.07) is 17.3. The number of carbonyl (C=O) groups is 1. The van der Waals surface area contributed by atoms with Crippen LogP contribution in [-0.2, 0) is 4.79 Å². The van der Waals surface area contributed by atoms with E-state index in [0.717, 1.165) is 27.4 Å². The molecule has 0 bridgehead atoms. The molecule has 0 fully saturated rings. The third-order valence-electron chi connectivity index (χ3n) is 5.51. The largest absolute Gasteiger partial charge is 0.467 e. The van der Waals surface area contributed by atoms with Gasteiger partial charge in [-0.05, 0) is 35.7 Å². The SMILES string of the molecule is O=C(CSc1ncnc2c1cnn2-c1ccccc1)N1N=C(c2cccs2)C[C@H]1c1ccco1. The second-order valence-electron chi connectivity index (χ2n) is 7.59. The van der Waals surface area contributed by atoms with Gasteiger partial charge in [-0.1, -0.05) is 36.0 Å². The molecule has 0 unspecified atom stereocenters. The highest BCUT2D eigenvalue weighted by atomic mass is 32.2. The number of para-hydroxylation sites is 1. The van der Waals surface area contributed by atoms with E-state index in [0.29, 0.717) is 17.1 Å². The molecule has 10 heteroatoms. The van der Waals surface area contributed by atoms with E-state index in [1.165, 1.54) is 18.1 Å². The number of thioether (sulfide) groups is 1. The van der Waals surface area contributed by atoms with Crippen LogP contribution in [0.5, 0.6) is 0 Å². The first-order chi connectivity index (χ1) is 16.8. The normalized spacial score (nSPS) is 15.7. The van der Waals surface area contributed by atoms with Crippen molar-refractivity contribution in [2.45, 2.75) is 17.5 Å². The van der Waals surface area contributed by atoms with Crippen molar-refractivity contribution in [2.75, 3.05) is 5.75 Å². The number of carbonyl (C=O) groups excluding carboxylic acids is 1. The Morgan fingerprint density at radius 2 is 2.03 bits per heavy atom. The maximum Gasteiger partial charge on any atom is 0.253 e. The summed E-state index contributed by atoms with van der Waals surface area (Å²) in [7, 11) is 0. The quantitative estimate of drug-likeness (QED) is 0.249. The summed E-state index contributed by atoms with van der Waals surface area (Å²) in [4.78, 5) is 23.2. The number of rotatable bonds is 6. The number of hydrogen-bond acceptors (Lipinski definition) is 8. The summed E-state index contributed by atoms with van der Waals surface area (Å²) in [5, 5.41) is 14.2. The molecular formula is C24H18N6O2S2. The molecule has 4 aromatic heterocycles. The number of furan rings is 1. The smallest absolute Gasteiger partial charge is 0.253 e. The molecule has 1 aromatic carbocycles. The lowest BCUT2D eigenvalue weighted by Gasteiger charge is -2.19. The number of nitrogens with zero attached hydrogens (tertiary/aromatic N) is 6. The fourth-order valence-electron chi connectivity index (χ4n) is 3.93. The average molecular weight is 487 g/mol. The van der Waals surface area contributed by atoms with Gasteiger partial charge in [0.15, 0.2) is 5.65 Å². The van der Waals surface area contributed by atoms with Crippen LogP contribution in [0.25, 0.3) is 16.7 Å². The highest BCUT2D eigenvalue weighted by Gasteiger charge is 2.35. The van der Waals surface area contributed by atoms with E-state index in [-0.39, 0.29) is 17.7 Å². The number of fused-ring (bicyclic) bond motifs is 1. The van der Waals surface area contributed by atoms with E-state index in [9.17, 15) is 4.79 Å². The van der Waals surface area contributed by atoms with Gasteiger partial charge in [-0.25, -0.2) is 19.7 Å². The van der Waals surface area contributed by atoms with Gasteiger partial charge < -0.3 is 4.42 Å². The Bertz CT molecular complexity index is 1460. The third kappa shape index (κ3) is 3.80. The Morgan fingerprint density at radius 3 is 2.82 bits per heavy atom. The van der Waals surface area contributed by atoms with Gasteiger partial charge in [0.25, 0.3) is 5.91 Å². The molecule has 34 heavy (non-hydrogen) atoms. The fourth-order valence-corrected chi connectivity index (χ4v) is 5.46. The van der Waals surface area contributed by atoms with Crippen molar-refractivity contribution in [3.8, 4) is 5.69 Å². The van der Waals surface area contributed by atoms with Gasteiger partial charge in [0.1, 0.15) is 23.2 Å². The number of thiophene rings is 1. The Balaban J connectivity index is 1.25. The number of hydrazone groups is 1. The van der Waals surface area contributed by atoms with Crippen molar-refractivity contribution < 1.29 is 9.21 Å². The Kier molecular flexibility index (Phi) is 5.44. The Hall–Kier alpha value is -3.76. The molecule has 6 rings (SSSR count). The maximum atomic E-state index is 13.3. The summed E-state index contributed by atoms with van der Waals surface area (Å²) >= 11 is 2.97. The van der Waals surface area contributed by atoms with E-state index in [1.54, 1.807) is 33.5 Å². The molecule has 8 nitrogen and oxygen atoms in total. The molecule has 168 valence electrons. The average Bonchev–Trinajstić information content (AvgIpc) is 3.68. The Morgan fingerprint density at radius 1 is 1.12 bits per heavy atom. The molecule has 0 radical (unpaired) electrons. The highest BCUT2D eigenvalue weighted by Crippen LogP contribution is 2.35. The van der Waals surface area contributed by atoms with Crippen molar-refractivity contribution in [2.24, 2.45) is 5.10 Å². The summed E-state index contributed by atoms with van der Waals surface area (Å²) in [5.41, 5.74) is 2.50. The second kappa shape index (κ2) is 8.88. The minimum atomic E-state index is -0.258. The van der Waals surface area contributed by atoms with E-state index >= 15 is 0 Å². The molecule has 0 saturated carbocycles. The van der Waals surface area contributed by atoms with Gasteiger partial charge in [-0.3, -0.25) is 4.79 Å². The van der Waals surface area contributed by atoms with E-state index in [2.05, 4.69) is 20.2 Å². The summed E-state index contributed by atoms with van der Waals surface area (Å²) in [5.74, 6) is 0.795. The zero-order valence-electron chi connectivity index (χ0n) is 17.8. The van der Waals surface area contributed by atoms with Crippen LogP contribution < -0.4 is 0 Å². The summed E-state index contributed by atoms with van der Waals surface area (Å²) < 4.78 is 7.40. The lowest BCUT2D eigenvalue weighted by atomic mass is 10.1. The van der Waals surface area contributed by atoms with Gasteiger partial charge in [-0.15, -0.1) is 11.3 Å². The number of aromatic nitrogens is 4. The topological polar surface area (TPSA) is 89.4 Å². The predicted octanol–water partition coefficient (Wildman–Crippen LogP) is 4.94. The van der Waals surface area contributed by atoms with Gasteiger partial charge in [0.05, 0.1) is 39.9 Å². The van der Waals surface area contributed by atoms with Crippen molar-refractivity contribution in [3.63, 3.8) is 0 Å². The van der Waals surface area contributed by atoms with Crippen LogP contribution in [0.3, 0.4) is 0 Å². The molecule has 0 aliphatic carbocycles. The Labute approximate surface area is 202 Å². The zero-order chi connectivity index (χ0) is 22.9. The van der Waals surface area contributed by atoms with Crippen LogP contribution in [0, 0.1) is 0 Å².